The molecule has 2 aliphatic heterocycles. The first kappa shape index (κ1) is 39.3. The fourth-order valence-corrected chi connectivity index (χ4v) is 6.39. The molecular formula is C30H51FN8O10. The summed E-state index contributed by atoms with van der Waals surface area (Å²) in [4.78, 5) is 21.1. The summed E-state index contributed by atoms with van der Waals surface area (Å²) >= 11 is 0. The number of aromatic nitrogens is 1. The van der Waals surface area contributed by atoms with Gasteiger partial charge in [0.2, 0.25) is 0 Å². The molecule has 1 saturated carbocycles. The fraction of sp³-hybridized carbons (Fsp3) is 0.767. The van der Waals surface area contributed by atoms with Crippen LogP contribution in [0.3, 0.4) is 0 Å². The molecule has 19 heteroatoms. The van der Waals surface area contributed by atoms with Crippen LogP contribution in [0.25, 0.3) is 0 Å². The molecule has 278 valence electrons. The highest BCUT2D eigenvalue weighted by atomic mass is 19.1. The first-order valence-electron chi connectivity index (χ1n) is 16.4. The second kappa shape index (κ2) is 18.1. The Morgan fingerprint density at radius 2 is 1.71 bits per heavy atom. The van der Waals surface area contributed by atoms with Gasteiger partial charge in [0.25, 0.3) is 0 Å². The molecule has 4 rings (SSSR count). The van der Waals surface area contributed by atoms with E-state index in [2.05, 4.69) is 15.3 Å². The minimum Gasteiger partial charge on any atom is -0.394 e. The molecule has 3 aliphatic rings. The maximum absolute atomic E-state index is 16.7. The van der Waals surface area contributed by atoms with Gasteiger partial charge in [0.05, 0.1) is 43.5 Å². The van der Waals surface area contributed by atoms with E-state index >= 15 is 4.39 Å². The molecule has 6 unspecified atom stereocenters. The molecule has 0 radical (unpaired) electrons. The predicted molar refractivity (Wildman–Crippen MR) is 171 cm³/mol. The number of Topliss-reactive ketones (excluding diaryl/α,β-unsaturated/α-hetero) is 1. The number of nitrogens with one attached hydrogen (secondary N) is 1. The average molecular weight is 703 g/mol. The lowest BCUT2D eigenvalue weighted by Gasteiger charge is -2.48. The van der Waals surface area contributed by atoms with Crippen LogP contribution < -0.4 is 34.0 Å². The average Bonchev–Trinajstić information content (AvgIpc) is 3.08. The molecule has 18 nitrogen and oxygen atoms in total. The maximum atomic E-state index is 16.7. The molecule has 3 heterocycles. The molecule has 3 fully saturated rings. The van der Waals surface area contributed by atoms with Gasteiger partial charge in [0, 0.05) is 31.4 Å². The number of hydrogen-bond donors (Lipinski definition) is 11. The molecular weight excluding hydrogens is 651 g/mol. The van der Waals surface area contributed by atoms with Crippen LogP contribution in [0.5, 0.6) is 0 Å². The van der Waals surface area contributed by atoms with Crippen LogP contribution in [0, 0.1) is 5.92 Å². The van der Waals surface area contributed by atoms with Gasteiger partial charge in [0.1, 0.15) is 30.5 Å². The second-order valence-electron chi connectivity index (χ2n) is 12.7. The van der Waals surface area contributed by atoms with Crippen molar-refractivity contribution in [2.75, 3.05) is 19.7 Å². The summed E-state index contributed by atoms with van der Waals surface area (Å²) in [5, 5.41) is 55.5. The van der Waals surface area contributed by atoms with Crippen LogP contribution in [0.15, 0.2) is 29.5 Å². The van der Waals surface area contributed by atoms with Gasteiger partial charge in [-0.05, 0) is 49.4 Å². The minimum absolute atomic E-state index is 0.0169. The number of ether oxygens (including phenoxy) is 4. The van der Waals surface area contributed by atoms with Gasteiger partial charge in [-0.3, -0.25) is 9.78 Å². The molecule has 1 aliphatic carbocycles. The maximum Gasteiger partial charge on any atom is 0.189 e. The van der Waals surface area contributed by atoms with Crippen LogP contribution in [-0.4, -0.2) is 148 Å². The first-order chi connectivity index (χ1) is 23.4. The van der Waals surface area contributed by atoms with Gasteiger partial charge < -0.3 is 78.5 Å². The molecule has 1 aromatic rings. The molecule has 0 aromatic carbocycles. The lowest BCUT2D eigenvalue weighted by atomic mass is 9.77. The second-order valence-corrected chi connectivity index (χ2v) is 12.7. The zero-order valence-electron chi connectivity index (χ0n) is 27.1. The van der Waals surface area contributed by atoms with E-state index in [1.165, 1.54) is 0 Å². The Labute approximate surface area is 283 Å². The van der Waals surface area contributed by atoms with Crippen molar-refractivity contribution in [3.8, 4) is 0 Å². The molecule has 0 spiro atoms. The Hall–Kier alpha value is -2.50. The van der Waals surface area contributed by atoms with E-state index in [-0.39, 0.29) is 51.3 Å². The molecule has 0 amide bonds. The number of halogens is 1. The molecule has 16 N–H and O–H groups in total. The number of rotatable bonds is 14. The van der Waals surface area contributed by atoms with Crippen molar-refractivity contribution in [3.05, 3.63) is 30.1 Å². The van der Waals surface area contributed by atoms with Crippen molar-refractivity contribution in [2.24, 2.45) is 39.6 Å². The smallest absolute Gasteiger partial charge is 0.189 e. The number of carbonyl (C=O) groups excluding carboxylic acids is 1. The normalized spacial score (nSPS) is 39.3. The summed E-state index contributed by atoms with van der Waals surface area (Å²) in [5.74, 6) is -1.72. The zero-order valence-corrected chi connectivity index (χ0v) is 27.1. The largest absolute Gasteiger partial charge is 0.394 e. The summed E-state index contributed by atoms with van der Waals surface area (Å²) in [6.45, 7) is -0.570. The molecule has 2 saturated heterocycles. The molecule has 15 atom stereocenters. The third-order valence-electron chi connectivity index (χ3n) is 9.16. The van der Waals surface area contributed by atoms with Crippen LogP contribution in [-0.2, 0) is 30.3 Å². The standard InChI is InChI=1S/C30H51FN8O10/c31-22-26(48-29-25(45)23(24(44)21(12-40)47-29)39-30(36)38-11-13-2-5-37-6-3-13)14(8-18(42)17(41)1-4-32)7-15(34)27(22)49-28-16(35)9-19(43)20(10-33)46-28/h2-3,5-6,14-17,19-29,40-41,43-45H,1,4,7-12,32-35H2,(H3,36,38,39)/t14-,15?,16?,17-,19-,20?,21+,22+,23?,24+,25+,26?,27+,28+,29?/m0/s1. The lowest BCUT2D eigenvalue weighted by Crippen LogP contribution is -2.67. The number of guanidine groups is 1. The van der Waals surface area contributed by atoms with Gasteiger partial charge >= 0.3 is 0 Å². The minimum atomic E-state index is -2.07. The third kappa shape index (κ3) is 9.85. The van der Waals surface area contributed by atoms with E-state index in [4.69, 9.17) is 47.6 Å². The Balaban J connectivity index is 1.56. The number of aliphatic imine (C=N–C) groups is 1. The number of nitrogens with zero attached hydrogens (tertiary/aromatic N) is 2. The van der Waals surface area contributed by atoms with Crippen LogP contribution in [0.1, 0.15) is 31.2 Å². The van der Waals surface area contributed by atoms with Gasteiger partial charge in [-0.1, -0.05) is 0 Å². The molecule has 49 heavy (non-hydrogen) atoms. The number of aliphatic hydroxyl groups is 5. The number of alkyl halides is 1. The summed E-state index contributed by atoms with van der Waals surface area (Å²) in [7, 11) is 0. The predicted octanol–water partition coefficient (Wildman–Crippen LogP) is -4.82. The van der Waals surface area contributed by atoms with E-state index in [0.717, 1.165) is 5.56 Å². The quantitative estimate of drug-likeness (QED) is 0.0640. The number of carbonyl (C=O) groups is 1. The Morgan fingerprint density at radius 3 is 2.37 bits per heavy atom. The van der Waals surface area contributed by atoms with E-state index in [1.54, 1.807) is 24.5 Å². The van der Waals surface area contributed by atoms with Gasteiger partial charge in [-0.15, -0.1) is 0 Å². The van der Waals surface area contributed by atoms with Gasteiger partial charge in [-0.2, -0.15) is 0 Å². The highest BCUT2D eigenvalue weighted by Crippen LogP contribution is 2.37. The van der Waals surface area contributed by atoms with E-state index < -0.39 is 104 Å². The summed E-state index contributed by atoms with van der Waals surface area (Å²) < 4.78 is 40.1. The number of aliphatic hydroxyl groups excluding tert-OH is 5. The highest BCUT2D eigenvalue weighted by molar-refractivity contribution is 5.83. The number of nitrogens with two attached hydrogens (primary N) is 5. The van der Waals surface area contributed by atoms with Gasteiger partial charge in [-0.25, -0.2) is 9.38 Å². The summed E-state index contributed by atoms with van der Waals surface area (Å²) in [6, 6.07) is 0.298. The van der Waals surface area contributed by atoms with Crippen molar-refractivity contribution in [2.45, 2.75) is 118 Å². The van der Waals surface area contributed by atoms with Crippen molar-refractivity contribution >= 4 is 11.7 Å². The van der Waals surface area contributed by atoms with Crippen LogP contribution in [0.2, 0.25) is 0 Å². The monoisotopic (exact) mass is 702 g/mol. The SMILES string of the molecule is NCC[C@H](O)C(=O)C[C@@H]1CC(N)[C@@H](O[C@H]2OC(CN)[C@@H](O)CC2N)[C@H](F)C1OC1O[C@H](CO)[C@@H](O)C(NC(N)=NCc2ccncc2)[C@H]1O. The molecule has 0 bridgehead atoms. The van der Waals surface area contributed by atoms with Crippen LogP contribution >= 0.6 is 0 Å². The fourth-order valence-electron chi connectivity index (χ4n) is 6.39. The van der Waals surface area contributed by atoms with Crippen molar-refractivity contribution in [1.29, 1.82) is 0 Å². The Bertz CT molecular complexity index is 1210. The van der Waals surface area contributed by atoms with Crippen molar-refractivity contribution in [3.63, 3.8) is 0 Å². The lowest BCUT2D eigenvalue weighted by molar-refractivity contribution is -0.315. The number of hydrogen-bond acceptors (Lipinski definition) is 16. The van der Waals surface area contributed by atoms with Crippen LogP contribution in [0.4, 0.5) is 4.39 Å². The third-order valence-corrected chi connectivity index (χ3v) is 9.16. The van der Waals surface area contributed by atoms with E-state index in [0.29, 0.717) is 0 Å². The first-order valence-corrected chi connectivity index (χ1v) is 16.4. The van der Waals surface area contributed by atoms with E-state index in [9.17, 15) is 30.3 Å². The summed E-state index contributed by atoms with van der Waals surface area (Å²) in [6.07, 6.45) is -12.7. The van der Waals surface area contributed by atoms with Gasteiger partial charge in [0.15, 0.2) is 30.5 Å². The van der Waals surface area contributed by atoms with Crippen molar-refractivity contribution < 1.29 is 53.7 Å². The Morgan fingerprint density at radius 1 is 1.04 bits per heavy atom. The summed E-state index contributed by atoms with van der Waals surface area (Å²) in [5.41, 5.74) is 30.6. The number of pyridine rings is 1. The highest BCUT2D eigenvalue weighted by Gasteiger charge is 2.52. The topological polar surface area (TPSA) is 323 Å². The molecule has 1 aromatic heterocycles. The zero-order chi connectivity index (χ0) is 35.8. The Kier molecular flexibility index (Phi) is 14.5. The van der Waals surface area contributed by atoms with E-state index in [1.807, 2.05) is 0 Å². The number of ketones is 1. The van der Waals surface area contributed by atoms with Crippen molar-refractivity contribution in [1.82, 2.24) is 10.3 Å².